The van der Waals surface area contributed by atoms with Gasteiger partial charge in [-0.1, -0.05) is 57.1 Å². The predicted octanol–water partition coefficient (Wildman–Crippen LogP) is 4.02. The predicted molar refractivity (Wildman–Crippen MR) is 65.9 cm³/mol. The fraction of sp³-hybridized carbons (Fsp3) is 0.571. The van der Waals surface area contributed by atoms with E-state index in [1.165, 1.54) is 19.3 Å². The Hall–Kier alpha value is -0.820. The highest BCUT2D eigenvalue weighted by atomic mass is 16.5. The van der Waals surface area contributed by atoms with Crippen LogP contribution in [-0.4, -0.2) is 12.2 Å². The van der Waals surface area contributed by atoms with Crippen LogP contribution < -0.4 is 0 Å². The molecule has 0 saturated carbocycles. The van der Waals surface area contributed by atoms with E-state index in [9.17, 15) is 0 Å². The first-order valence-electron chi connectivity index (χ1n) is 5.95. The van der Waals surface area contributed by atoms with E-state index >= 15 is 0 Å². The summed E-state index contributed by atoms with van der Waals surface area (Å²) in [6.07, 6.45) is 16.2. The normalized spacial score (nSPS) is 24.3. The molecule has 0 aromatic carbocycles. The molecule has 0 bridgehead atoms. The number of allylic oxidation sites excluding steroid dienone is 2. The van der Waals surface area contributed by atoms with E-state index < -0.39 is 0 Å². The molecule has 0 spiro atoms. The molecule has 84 valence electrons. The van der Waals surface area contributed by atoms with Crippen molar-refractivity contribution in [1.29, 1.82) is 0 Å². The van der Waals surface area contributed by atoms with Crippen molar-refractivity contribution in [2.75, 3.05) is 6.61 Å². The van der Waals surface area contributed by atoms with Crippen molar-refractivity contribution in [1.82, 2.24) is 0 Å². The lowest BCUT2D eigenvalue weighted by molar-refractivity contribution is 0.0268. The molecule has 1 nitrogen and oxygen atoms in total. The summed E-state index contributed by atoms with van der Waals surface area (Å²) in [4.78, 5) is 0. The molecule has 0 aromatic heterocycles. The molecule has 15 heavy (non-hydrogen) atoms. The molecule has 1 rings (SSSR count). The van der Waals surface area contributed by atoms with Crippen LogP contribution >= 0.6 is 0 Å². The largest absolute Gasteiger partial charge is 0.366 e. The summed E-state index contributed by atoms with van der Waals surface area (Å²) in [7, 11) is 0. The Bertz CT molecular complexity index is 240. The summed E-state index contributed by atoms with van der Waals surface area (Å²) in [6.45, 7) is 6.92. The van der Waals surface area contributed by atoms with E-state index in [0.29, 0.717) is 0 Å². The van der Waals surface area contributed by atoms with Crippen molar-refractivity contribution in [2.45, 2.75) is 44.6 Å². The molecular formula is C14H22O. The summed E-state index contributed by atoms with van der Waals surface area (Å²) in [5.74, 6) is 0. The third kappa shape index (κ3) is 4.05. The average Bonchev–Trinajstić information content (AvgIpc) is 2.30. The van der Waals surface area contributed by atoms with Crippen molar-refractivity contribution >= 4 is 0 Å². The van der Waals surface area contributed by atoms with Crippen molar-refractivity contribution < 1.29 is 4.74 Å². The second kappa shape index (κ2) is 6.62. The number of ether oxygens (including phenoxy) is 1. The first kappa shape index (κ1) is 12.3. The van der Waals surface area contributed by atoms with E-state index in [1.807, 2.05) is 12.2 Å². The molecule has 0 amide bonds. The van der Waals surface area contributed by atoms with Crippen LogP contribution in [0, 0.1) is 0 Å². The molecule has 1 aliphatic rings. The van der Waals surface area contributed by atoms with Gasteiger partial charge in [0.25, 0.3) is 0 Å². The maximum Gasteiger partial charge on any atom is 0.108 e. The number of rotatable bonds is 7. The van der Waals surface area contributed by atoms with Crippen molar-refractivity contribution in [3.8, 4) is 0 Å². The average molecular weight is 206 g/mol. The molecule has 1 unspecified atom stereocenters. The Balaban J connectivity index is 2.25. The Kier molecular flexibility index (Phi) is 5.41. The molecule has 1 heteroatoms. The van der Waals surface area contributed by atoms with Gasteiger partial charge in [0.15, 0.2) is 0 Å². The lowest BCUT2D eigenvalue weighted by Gasteiger charge is -2.28. The Morgan fingerprint density at radius 2 is 2.20 bits per heavy atom. The van der Waals surface area contributed by atoms with Gasteiger partial charge in [-0.15, -0.1) is 0 Å². The van der Waals surface area contributed by atoms with Crippen LogP contribution in [-0.2, 0) is 4.74 Å². The maximum absolute atomic E-state index is 5.91. The zero-order chi connectivity index (χ0) is 11.0. The van der Waals surface area contributed by atoms with Crippen LogP contribution in [0.2, 0.25) is 0 Å². The molecular weight excluding hydrogens is 184 g/mol. The van der Waals surface area contributed by atoms with Gasteiger partial charge in [-0.25, -0.2) is 0 Å². The van der Waals surface area contributed by atoms with Crippen LogP contribution in [0.4, 0.5) is 0 Å². The van der Waals surface area contributed by atoms with Crippen LogP contribution in [0.5, 0.6) is 0 Å². The fourth-order valence-electron chi connectivity index (χ4n) is 1.73. The number of hydrogen-bond donors (Lipinski definition) is 0. The Morgan fingerprint density at radius 1 is 1.33 bits per heavy atom. The zero-order valence-corrected chi connectivity index (χ0v) is 9.74. The minimum Gasteiger partial charge on any atom is -0.366 e. The van der Waals surface area contributed by atoms with Gasteiger partial charge >= 0.3 is 0 Å². The lowest BCUT2D eigenvalue weighted by Crippen LogP contribution is -2.28. The summed E-state index contributed by atoms with van der Waals surface area (Å²) < 4.78 is 5.91. The van der Waals surface area contributed by atoms with Gasteiger partial charge in [0.1, 0.15) is 5.60 Å². The van der Waals surface area contributed by atoms with Crippen molar-refractivity contribution in [3.63, 3.8) is 0 Å². The van der Waals surface area contributed by atoms with Gasteiger partial charge in [-0.05, 0) is 12.5 Å². The van der Waals surface area contributed by atoms with Crippen LogP contribution in [0.3, 0.4) is 0 Å². The Labute approximate surface area is 93.5 Å². The van der Waals surface area contributed by atoms with E-state index in [2.05, 4.69) is 31.7 Å². The van der Waals surface area contributed by atoms with Crippen LogP contribution in [0.15, 0.2) is 37.0 Å². The van der Waals surface area contributed by atoms with Gasteiger partial charge in [0.05, 0.1) is 0 Å². The summed E-state index contributed by atoms with van der Waals surface area (Å²) in [5, 5.41) is 0. The lowest BCUT2D eigenvalue weighted by atomic mass is 9.95. The molecule has 1 aliphatic carbocycles. The minimum atomic E-state index is -0.235. The summed E-state index contributed by atoms with van der Waals surface area (Å²) in [6, 6.07) is 0. The van der Waals surface area contributed by atoms with Crippen molar-refractivity contribution in [2.24, 2.45) is 0 Å². The van der Waals surface area contributed by atoms with Gasteiger partial charge in [-0.3, -0.25) is 0 Å². The Morgan fingerprint density at radius 3 is 2.80 bits per heavy atom. The molecule has 0 saturated heterocycles. The third-order valence-electron chi connectivity index (χ3n) is 2.78. The van der Waals surface area contributed by atoms with Gasteiger partial charge < -0.3 is 4.74 Å². The second-order valence-electron chi connectivity index (χ2n) is 4.06. The SMILES string of the molecule is C=CC1(OCCCCCC)C=CC=CC1. The van der Waals surface area contributed by atoms with Crippen LogP contribution in [0.1, 0.15) is 39.0 Å². The fourth-order valence-corrected chi connectivity index (χ4v) is 1.73. The highest BCUT2D eigenvalue weighted by Gasteiger charge is 2.23. The topological polar surface area (TPSA) is 9.23 Å². The number of unbranched alkanes of at least 4 members (excludes halogenated alkanes) is 3. The molecule has 0 aromatic rings. The van der Waals surface area contributed by atoms with E-state index in [1.54, 1.807) is 0 Å². The quantitative estimate of drug-likeness (QED) is 0.451. The van der Waals surface area contributed by atoms with E-state index in [4.69, 9.17) is 4.74 Å². The first-order valence-corrected chi connectivity index (χ1v) is 5.95. The molecule has 1 atom stereocenters. The zero-order valence-electron chi connectivity index (χ0n) is 9.74. The van der Waals surface area contributed by atoms with Crippen LogP contribution in [0.25, 0.3) is 0 Å². The molecule has 0 N–H and O–H groups in total. The summed E-state index contributed by atoms with van der Waals surface area (Å²) >= 11 is 0. The maximum atomic E-state index is 5.91. The van der Waals surface area contributed by atoms with Gasteiger partial charge in [0, 0.05) is 13.0 Å². The summed E-state index contributed by atoms with van der Waals surface area (Å²) in [5.41, 5.74) is -0.235. The van der Waals surface area contributed by atoms with E-state index in [0.717, 1.165) is 19.4 Å². The van der Waals surface area contributed by atoms with Gasteiger partial charge in [-0.2, -0.15) is 0 Å². The first-order chi connectivity index (χ1) is 7.33. The minimum absolute atomic E-state index is 0.235. The van der Waals surface area contributed by atoms with Crippen molar-refractivity contribution in [3.05, 3.63) is 37.0 Å². The smallest absolute Gasteiger partial charge is 0.108 e. The second-order valence-corrected chi connectivity index (χ2v) is 4.06. The molecule has 0 radical (unpaired) electrons. The molecule has 0 fully saturated rings. The molecule has 0 heterocycles. The molecule has 0 aliphatic heterocycles. The third-order valence-corrected chi connectivity index (χ3v) is 2.78. The number of hydrogen-bond acceptors (Lipinski definition) is 1. The highest BCUT2D eigenvalue weighted by molar-refractivity contribution is 5.24. The van der Waals surface area contributed by atoms with E-state index in [-0.39, 0.29) is 5.60 Å². The monoisotopic (exact) mass is 206 g/mol. The van der Waals surface area contributed by atoms with Gasteiger partial charge in [0.2, 0.25) is 0 Å². The standard InChI is InChI=1S/C14H22O/c1-3-5-6-10-13-15-14(4-2)11-8-7-9-12-14/h4,7-9,11H,2-3,5-6,10,12-13H2,1H3. The highest BCUT2D eigenvalue weighted by Crippen LogP contribution is 2.24.